The topological polar surface area (TPSA) is 50.9 Å². The monoisotopic (exact) mass is 289 g/mol. The van der Waals surface area contributed by atoms with Crippen molar-refractivity contribution in [1.82, 2.24) is 4.98 Å². The van der Waals surface area contributed by atoms with Crippen LogP contribution >= 0.6 is 0 Å². The SMILES string of the molecule is Cc1ccc(N)c(NCc2cccc(-c3ccccc3)c2)n1. The van der Waals surface area contributed by atoms with Crippen molar-refractivity contribution in [1.29, 1.82) is 0 Å². The highest BCUT2D eigenvalue weighted by molar-refractivity contribution is 5.65. The average Bonchev–Trinajstić information content (AvgIpc) is 2.57. The summed E-state index contributed by atoms with van der Waals surface area (Å²) in [6.45, 7) is 2.65. The summed E-state index contributed by atoms with van der Waals surface area (Å²) in [7, 11) is 0. The predicted molar refractivity (Wildman–Crippen MR) is 92.6 cm³/mol. The van der Waals surface area contributed by atoms with E-state index in [9.17, 15) is 0 Å². The maximum absolute atomic E-state index is 5.95. The van der Waals surface area contributed by atoms with Crippen molar-refractivity contribution in [3.63, 3.8) is 0 Å². The van der Waals surface area contributed by atoms with Gasteiger partial charge in [0.2, 0.25) is 0 Å². The zero-order valence-electron chi connectivity index (χ0n) is 12.6. The number of benzene rings is 2. The highest BCUT2D eigenvalue weighted by Crippen LogP contribution is 2.21. The summed E-state index contributed by atoms with van der Waals surface area (Å²) >= 11 is 0. The predicted octanol–water partition coefficient (Wildman–Crippen LogP) is 4.25. The van der Waals surface area contributed by atoms with Crippen LogP contribution in [0, 0.1) is 6.92 Å². The second-order valence-corrected chi connectivity index (χ2v) is 5.31. The van der Waals surface area contributed by atoms with Crippen molar-refractivity contribution in [2.75, 3.05) is 11.1 Å². The molecule has 110 valence electrons. The van der Waals surface area contributed by atoms with E-state index in [4.69, 9.17) is 5.73 Å². The van der Waals surface area contributed by atoms with Crippen LogP contribution in [0.15, 0.2) is 66.7 Å². The summed E-state index contributed by atoms with van der Waals surface area (Å²) in [4.78, 5) is 4.43. The van der Waals surface area contributed by atoms with Crippen LogP contribution in [0.1, 0.15) is 11.3 Å². The summed E-state index contributed by atoms with van der Waals surface area (Å²) in [5, 5.41) is 3.31. The number of nitrogen functional groups attached to an aromatic ring is 1. The fraction of sp³-hybridized carbons (Fsp3) is 0.105. The first kappa shape index (κ1) is 14.1. The smallest absolute Gasteiger partial charge is 0.149 e. The van der Waals surface area contributed by atoms with Crippen LogP contribution in [0.2, 0.25) is 0 Å². The van der Waals surface area contributed by atoms with Gasteiger partial charge in [-0.05, 0) is 41.8 Å². The first-order valence-corrected chi connectivity index (χ1v) is 7.34. The lowest BCUT2D eigenvalue weighted by molar-refractivity contribution is 1.09. The Kier molecular flexibility index (Phi) is 4.05. The number of nitrogens with zero attached hydrogens (tertiary/aromatic N) is 1. The minimum atomic E-state index is 0.671. The molecule has 1 heterocycles. The van der Waals surface area contributed by atoms with E-state index < -0.39 is 0 Å². The minimum Gasteiger partial charge on any atom is -0.396 e. The molecule has 3 rings (SSSR count). The van der Waals surface area contributed by atoms with Gasteiger partial charge in [-0.3, -0.25) is 0 Å². The van der Waals surface area contributed by atoms with Gasteiger partial charge in [-0.15, -0.1) is 0 Å². The average molecular weight is 289 g/mol. The molecule has 3 nitrogen and oxygen atoms in total. The summed E-state index contributed by atoms with van der Waals surface area (Å²) in [6.07, 6.45) is 0. The molecule has 0 radical (unpaired) electrons. The fourth-order valence-electron chi connectivity index (χ4n) is 2.39. The van der Waals surface area contributed by atoms with Crippen LogP contribution in [0.25, 0.3) is 11.1 Å². The van der Waals surface area contributed by atoms with Crippen LogP contribution in [-0.2, 0) is 6.54 Å². The zero-order chi connectivity index (χ0) is 15.4. The second-order valence-electron chi connectivity index (χ2n) is 5.31. The molecule has 3 heteroatoms. The van der Waals surface area contributed by atoms with E-state index >= 15 is 0 Å². The molecule has 22 heavy (non-hydrogen) atoms. The van der Waals surface area contributed by atoms with Crippen molar-refractivity contribution in [2.45, 2.75) is 13.5 Å². The number of rotatable bonds is 4. The second kappa shape index (κ2) is 6.31. The summed E-state index contributed by atoms with van der Waals surface area (Å²) < 4.78 is 0. The number of pyridine rings is 1. The first-order chi connectivity index (χ1) is 10.7. The molecular formula is C19H19N3. The van der Waals surface area contributed by atoms with E-state index in [1.165, 1.54) is 16.7 Å². The molecule has 0 bridgehead atoms. The van der Waals surface area contributed by atoms with Gasteiger partial charge in [0, 0.05) is 12.2 Å². The van der Waals surface area contributed by atoms with E-state index in [0.717, 1.165) is 11.5 Å². The van der Waals surface area contributed by atoms with Crippen LogP contribution in [0.3, 0.4) is 0 Å². The van der Waals surface area contributed by atoms with Gasteiger partial charge in [0.15, 0.2) is 0 Å². The lowest BCUT2D eigenvalue weighted by Crippen LogP contribution is -2.05. The number of nitrogens with one attached hydrogen (secondary N) is 1. The van der Waals surface area contributed by atoms with E-state index in [-0.39, 0.29) is 0 Å². The number of hydrogen-bond donors (Lipinski definition) is 2. The quantitative estimate of drug-likeness (QED) is 0.755. The van der Waals surface area contributed by atoms with Crippen LogP contribution in [0.5, 0.6) is 0 Å². The Balaban J connectivity index is 1.77. The van der Waals surface area contributed by atoms with Gasteiger partial charge in [-0.1, -0.05) is 48.5 Å². The Bertz CT molecular complexity index is 767. The molecule has 0 fully saturated rings. The fourth-order valence-corrected chi connectivity index (χ4v) is 2.39. The molecule has 0 saturated heterocycles. The molecule has 0 saturated carbocycles. The molecule has 0 unspecified atom stereocenters. The van der Waals surface area contributed by atoms with E-state index in [0.29, 0.717) is 12.2 Å². The molecule has 0 aliphatic heterocycles. The molecular weight excluding hydrogens is 270 g/mol. The third kappa shape index (κ3) is 3.26. The number of aryl methyl sites for hydroxylation is 1. The van der Waals surface area contributed by atoms with E-state index in [1.54, 1.807) is 0 Å². The largest absolute Gasteiger partial charge is 0.396 e. The summed E-state index contributed by atoms with van der Waals surface area (Å²) in [5.74, 6) is 0.741. The van der Waals surface area contributed by atoms with E-state index in [1.807, 2.05) is 25.1 Å². The van der Waals surface area contributed by atoms with Crippen molar-refractivity contribution in [3.05, 3.63) is 78.0 Å². The maximum atomic E-state index is 5.95. The molecule has 3 aromatic rings. The number of aromatic nitrogens is 1. The molecule has 1 aromatic heterocycles. The Morgan fingerprint density at radius 2 is 1.68 bits per heavy atom. The lowest BCUT2D eigenvalue weighted by Gasteiger charge is -2.10. The molecule has 0 aliphatic rings. The summed E-state index contributed by atoms with van der Waals surface area (Å²) in [6, 6.07) is 22.7. The van der Waals surface area contributed by atoms with Gasteiger partial charge < -0.3 is 11.1 Å². The van der Waals surface area contributed by atoms with Gasteiger partial charge in [0.05, 0.1) is 5.69 Å². The third-order valence-corrected chi connectivity index (χ3v) is 3.56. The van der Waals surface area contributed by atoms with Gasteiger partial charge in [0.1, 0.15) is 5.82 Å². The standard InChI is InChI=1S/C19H19N3/c1-14-10-11-18(20)19(22-14)21-13-15-6-5-9-17(12-15)16-7-3-2-4-8-16/h2-12H,13,20H2,1H3,(H,21,22). The number of nitrogens with two attached hydrogens (primary N) is 1. The Labute approximate surface area is 130 Å². The zero-order valence-corrected chi connectivity index (χ0v) is 12.6. The van der Waals surface area contributed by atoms with E-state index in [2.05, 4.69) is 58.8 Å². The van der Waals surface area contributed by atoms with Crippen LogP contribution in [-0.4, -0.2) is 4.98 Å². The first-order valence-electron chi connectivity index (χ1n) is 7.34. The van der Waals surface area contributed by atoms with Crippen LogP contribution < -0.4 is 11.1 Å². The minimum absolute atomic E-state index is 0.671. The highest BCUT2D eigenvalue weighted by atomic mass is 15.0. The van der Waals surface area contributed by atoms with Crippen molar-refractivity contribution in [3.8, 4) is 11.1 Å². The molecule has 0 amide bonds. The van der Waals surface area contributed by atoms with Crippen LogP contribution in [0.4, 0.5) is 11.5 Å². The van der Waals surface area contributed by atoms with Gasteiger partial charge in [0.25, 0.3) is 0 Å². The van der Waals surface area contributed by atoms with Crippen molar-refractivity contribution < 1.29 is 0 Å². The number of anilines is 2. The Morgan fingerprint density at radius 1 is 0.909 bits per heavy atom. The molecule has 2 aromatic carbocycles. The molecule has 3 N–H and O–H groups in total. The Morgan fingerprint density at radius 3 is 2.50 bits per heavy atom. The van der Waals surface area contributed by atoms with Crippen molar-refractivity contribution >= 4 is 11.5 Å². The number of hydrogen-bond acceptors (Lipinski definition) is 3. The van der Waals surface area contributed by atoms with Gasteiger partial charge in [-0.2, -0.15) is 0 Å². The third-order valence-electron chi connectivity index (χ3n) is 3.56. The van der Waals surface area contributed by atoms with Crippen molar-refractivity contribution in [2.24, 2.45) is 0 Å². The normalized spacial score (nSPS) is 10.4. The lowest BCUT2D eigenvalue weighted by atomic mass is 10.0. The van der Waals surface area contributed by atoms with Gasteiger partial charge >= 0.3 is 0 Å². The summed E-state index contributed by atoms with van der Waals surface area (Å²) in [5.41, 5.74) is 11.2. The Hall–Kier alpha value is -2.81. The molecule has 0 atom stereocenters. The highest BCUT2D eigenvalue weighted by Gasteiger charge is 2.02. The maximum Gasteiger partial charge on any atom is 0.149 e. The molecule has 0 spiro atoms. The van der Waals surface area contributed by atoms with Gasteiger partial charge in [-0.25, -0.2) is 4.98 Å². The molecule has 0 aliphatic carbocycles.